The fourth-order valence-electron chi connectivity index (χ4n) is 1.02. The second-order valence-corrected chi connectivity index (χ2v) is 5.70. The number of carbonyl (C=O) groups is 1. The molecule has 0 N–H and O–H groups in total. The van der Waals surface area contributed by atoms with Crippen molar-refractivity contribution in [1.82, 2.24) is 0 Å². The molecule has 0 fully saturated rings. The van der Waals surface area contributed by atoms with Crippen molar-refractivity contribution < 1.29 is 13.2 Å². The van der Waals surface area contributed by atoms with E-state index in [1.807, 2.05) is 0 Å². The van der Waals surface area contributed by atoms with Crippen LogP contribution in [-0.2, 0) is 9.84 Å². The summed E-state index contributed by atoms with van der Waals surface area (Å²) in [6, 6.07) is 3.97. The lowest BCUT2D eigenvalue weighted by Gasteiger charge is -2.03. The highest BCUT2D eigenvalue weighted by molar-refractivity contribution is 7.91. The van der Waals surface area contributed by atoms with Crippen LogP contribution in [0.2, 0.25) is 5.02 Å². The van der Waals surface area contributed by atoms with Crippen molar-refractivity contribution in [2.75, 3.05) is 11.6 Å². The minimum atomic E-state index is -3.39. The van der Waals surface area contributed by atoms with Crippen molar-refractivity contribution in [3.05, 3.63) is 28.8 Å². The van der Waals surface area contributed by atoms with Crippen LogP contribution in [0, 0.1) is 0 Å². The minimum Gasteiger partial charge on any atom is -0.298 e. The van der Waals surface area contributed by atoms with Crippen LogP contribution in [0.1, 0.15) is 10.4 Å². The molecule has 0 saturated carbocycles. The highest BCUT2D eigenvalue weighted by Gasteiger charge is 2.14. The zero-order chi connectivity index (χ0) is 11.5. The summed E-state index contributed by atoms with van der Waals surface area (Å²) in [5.74, 6) is -0.124. The average Bonchev–Trinajstić information content (AvgIpc) is 2.17. The van der Waals surface area contributed by atoms with Gasteiger partial charge in [-0.25, -0.2) is 8.42 Å². The first-order valence-electron chi connectivity index (χ1n) is 4.04. The van der Waals surface area contributed by atoms with Gasteiger partial charge in [0, 0.05) is 11.4 Å². The number of aldehydes is 1. The molecular weight excluding hydrogens is 259 g/mol. The van der Waals surface area contributed by atoms with Crippen LogP contribution in [0.25, 0.3) is 0 Å². The summed E-state index contributed by atoms with van der Waals surface area (Å²) in [6.07, 6.45) is 0.570. The predicted octanol–water partition coefficient (Wildman–Crippen LogP) is 2.17. The van der Waals surface area contributed by atoms with Crippen LogP contribution >= 0.6 is 23.2 Å². The lowest BCUT2D eigenvalue weighted by atomic mass is 10.2. The summed E-state index contributed by atoms with van der Waals surface area (Å²) < 4.78 is 23.1. The number of sulfone groups is 1. The van der Waals surface area contributed by atoms with Crippen molar-refractivity contribution in [3.63, 3.8) is 0 Å². The van der Waals surface area contributed by atoms with E-state index in [1.54, 1.807) is 0 Å². The van der Waals surface area contributed by atoms with Gasteiger partial charge in [0.25, 0.3) is 0 Å². The topological polar surface area (TPSA) is 51.2 Å². The van der Waals surface area contributed by atoms with E-state index in [9.17, 15) is 13.2 Å². The zero-order valence-electron chi connectivity index (χ0n) is 7.61. The van der Waals surface area contributed by atoms with E-state index in [1.165, 1.54) is 18.2 Å². The molecule has 15 heavy (non-hydrogen) atoms. The molecule has 0 aromatic heterocycles. The Balaban J connectivity index is 3.18. The van der Waals surface area contributed by atoms with Crippen LogP contribution in [0.4, 0.5) is 0 Å². The molecule has 0 heterocycles. The van der Waals surface area contributed by atoms with Crippen LogP contribution in [0.5, 0.6) is 0 Å². The quantitative estimate of drug-likeness (QED) is 0.620. The molecular formula is C9H8Cl2O3S. The van der Waals surface area contributed by atoms with Crippen molar-refractivity contribution in [2.24, 2.45) is 0 Å². The number of rotatable bonds is 4. The Morgan fingerprint density at radius 2 is 2.00 bits per heavy atom. The zero-order valence-corrected chi connectivity index (χ0v) is 9.94. The van der Waals surface area contributed by atoms with Crippen molar-refractivity contribution in [2.45, 2.75) is 4.90 Å². The van der Waals surface area contributed by atoms with Crippen LogP contribution in [0.15, 0.2) is 23.1 Å². The summed E-state index contributed by atoms with van der Waals surface area (Å²) in [5, 5.41) is 0.126. The molecule has 6 heteroatoms. The number of benzene rings is 1. The number of alkyl halides is 1. The molecule has 0 aliphatic heterocycles. The standard InChI is InChI=1S/C9H8Cl2O3S/c10-3-4-15(13,14)8-2-1-7(6-12)9(11)5-8/h1-2,5-6H,3-4H2. The first-order valence-corrected chi connectivity index (χ1v) is 6.61. The predicted molar refractivity (Wildman–Crippen MR) is 59.6 cm³/mol. The van der Waals surface area contributed by atoms with Crippen molar-refractivity contribution in [3.8, 4) is 0 Å². The van der Waals surface area contributed by atoms with Crippen LogP contribution < -0.4 is 0 Å². The van der Waals surface area contributed by atoms with Crippen molar-refractivity contribution in [1.29, 1.82) is 0 Å². The lowest BCUT2D eigenvalue weighted by molar-refractivity contribution is 0.112. The van der Waals surface area contributed by atoms with Gasteiger partial charge < -0.3 is 0 Å². The second kappa shape index (κ2) is 4.96. The largest absolute Gasteiger partial charge is 0.298 e. The molecule has 0 spiro atoms. The smallest absolute Gasteiger partial charge is 0.179 e. The van der Waals surface area contributed by atoms with E-state index in [-0.39, 0.29) is 27.1 Å². The number of hydrogen-bond acceptors (Lipinski definition) is 3. The van der Waals surface area contributed by atoms with E-state index in [0.29, 0.717) is 6.29 Å². The monoisotopic (exact) mass is 266 g/mol. The van der Waals surface area contributed by atoms with Gasteiger partial charge in [0.15, 0.2) is 16.1 Å². The minimum absolute atomic E-state index is 0.0232. The maximum Gasteiger partial charge on any atom is 0.179 e. The maximum absolute atomic E-state index is 11.6. The summed E-state index contributed by atoms with van der Waals surface area (Å²) >= 11 is 11.1. The third-order valence-corrected chi connectivity index (χ3v) is 4.26. The first kappa shape index (κ1) is 12.5. The first-order chi connectivity index (χ1) is 7.01. The SMILES string of the molecule is O=Cc1ccc(S(=O)(=O)CCCl)cc1Cl. The number of carbonyl (C=O) groups excluding carboxylic acids is 1. The lowest BCUT2D eigenvalue weighted by Crippen LogP contribution is -2.08. The summed E-state index contributed by atoms with van der Waals surface area (Å²) in [7, 11) is -3.39. The molecule has 0 aliphatic rings. The van der Waals surface area contributed by atoms with Gasteiger partial charge in [0.2, 0.25) is 0 Å². The van der Waals surface area contributed by atoms with E-state index >= 15 is 0 Å². The highest BCUT2D eigenvalue weighted by atomic mass is 35.5. The molecule has 3 nitrogen and oxygen atoms in total. The molecule has 82 valence electrons. The molecule has 0 unspecified atom stereocenters. The molecule has 0 amide bonds. The maximum atomic E-state index is 11.6. The average molecular weight is 267 g/mol. The molecule has 1 rings (SSSR count). The van der Waals surface area contributed by atoms with Gasteiger partial charge in [-0.3, -0.25) is 4.79 Å². The van der Waals surface area contributed by atoms with E-state index in [4.69, 9.17) is 23.2 Å². The van der Waals surface area contributed by atoms with Gasteiger partial charge in [0.1, 0.15) is 0 Å². The number of halogens is 2. The Bertz CT molecular complexity index is 468. The summed E-state index contributed by atoms with van der Waals surface area (Å²) in [5.41, 5.74) is 0.265. The highest BCUT2D eigenvalue weighted by Crippen LogP contribution is 2.20. The Labute approximate surface area is 97.9 Å². The normalized spacial score (nSPS) is 11.3. The van der Waals surface area contributed by atoms with Gasteiger partial charge in [0.05, 0.1) is 15.7 Å². The van der Waals surface area contributed by atoms with Gasteiger partial charge in [-0.2, -0.15) is 0 Å². The summed E-state index contributed by atoms with van der Waals surface area (Å²) in [4.78, 5) is 10.5. The van der Waals surface area contributed by atoms with E-state index < -0.39 is 9.84 Å². The fraction of sp³-hybridized carbons (Fsp3) is 0.222. The van der Waals surface area contributed by atoms with Crippen LogP contribution in [-0.4, -0.2) is 26.3 Å². The number of hydrogen-bond donors (Lipinski definition) is 0. The second-order valence-electron chi connectivity index (χ2n) is 2.81. The Kier molecular flexibility index (Phi) is 4.13. The third-order valence-electron chi connectivity index (χ3n) is 1.80. The molecule has 0 radical (unpaired) electrons. The summed E-state index contributed by atoms with van der Waals surface area (Å²) in [6.45, 7) is 0. The van der Waals surface area contributed by atoms with Gasteiger partial charge in [-0.1, -0.05) is 11.6 Å². The molecule has 1 aromatic rings. The molecule has 1 aromatic carbocycles. The van der Waals surface area contributed by atoms with Gasteiger partial charge in [-0.05, 0) is 18.2 Å². The van der Waals surface area contributed by atoms with E-state index in [2.05, 4.69) is 0 Å². The molecule has 0 bridgehead atoms. The molecule has 0 saturated heterocycles. The molecule has 0 aliphatic carbocycles. The van der Waals surface area contributed by atoms with Crippen LogP contribution in [0.3, 0.4) is 0 Å². The Hall–Kier alpha value is -0.580. The fourth-order valence-corrected chi connectivity index (χ4v) is 2.93. The van der Waals surface area contributed by atoms with E-state index in [0.717, 1.165) is 0 Å². The van der Waals surface area contributed by atoms with Crippen molar-refractivity contribution >= 4 is 39.3 Å². The van der Waals surface area contributed by atoms with Gasteiger partial charge >= 0.3 is 0 Å². The Morgan fingerprint density at radius 1 is 1.33 bits per heavy atom. The Morgan fingerprint density at radius 3 is 2.47 bits per heavy atom. The third kappa shape index (κ3) is 2.93. The molecule has 0 atom stereocenters. The van der Waals surface area contributed by atoms with Gasteiger partial charge in [-0.15, -0.1) is 11.6 Å².